The maximum atomic E-state index is 12.6. The van der Waals surface area contributed by atoms with Gasteiger partial charge < -0.3 is 19.1 Å². The molecule has 0 aliphatic carbocycles. The fourth-order valence-electron chi connectivity index (χ4n) is 3.94. The van der Waals surface area contributed by atoms with Gasteiger partial charge >= 0.3 is 6.09 Å². The van der Waals surface area contributed by atoms with Crippen LogP contribution in [0, 0.1) is 10.1 Å². The van der Waals surface area contributed by atoms with Crippen LogP contribution in [0.5, 0.6) is 11.5 Å². The minimum absolute atomic E-state index is 0.0922. The van der Waals surface area contributed by atoms with Crippen molar-refractivity contribution in [2.24, 2.45) is 0 Å². The zero-order chi connectivity index (χ0) is 21.1. The number of nitrogens with zero attached hydrogens (tertiary/aromatic N) is 2. The van der Waals surface area contributed by atoms with E-state index in [9.17, 15) is 14.9 Å². The Morgan fingerprint density at radius 2 is 1.62 bits per heavy atom. The molecule has 1 amide bonds. The maximum absolute atomic E-state index is 12.6. The van der Waals surface area contributed by atoms with Crippen molar-refractivity contribution in [3.8, 4) is 11.5 Å². The van der Waals surface area contributed by atoms with E-state index in [0.29, 0.717) is 22.4 Å². The SMILES string of the molecule is COc1cc2cc(COC(=O)N3C(C)CCCC3C)c([N+](=O)[O-])cc2cc1OC. The van der Waals surface area contributed by atoms with Gasteiger partial charge in [-0.15, -0.1) is 0 Å². The predicted octanol–water partition coefficient (Wildman–Crippen LogP) is 4.66. The van der Waals surface area contributed by atoms with Crippen molar-refractivity contribution >= 4 is 22.6 Å². The first-order chi connectivity index (χ1) is 13.8. The van der Waals surface area contributed by atoms with Crippen LogP contribution in [0.2, 0.25) is 0 Å². The third-order valence-electron chi connectivity index (χ3n) is 5.49. The molecule has 2 atom stereocenters. The number of hydrogen-bond acceptors (Lipinski definition) is 6. The quantitative estimate of drug-likeness (QED) is 0.533. The molecule has 0 saturated carbocycles. The lowest BCUT2D eigenvalue weighted by atomic mass is 9.98. The van der Waals surface area contributed by atoms with Gasteiger partial charge in [0.1, 0.15) is 6.61 Å². The van der Waals surface area contributed by atoms with Crippen molar-refractivity contribution in [1.82, 2.24) is 4.90 Å². The zero-order valence-electron chi connectivity index (χ0n) is 17.1. The number of carbonyl (C=O) groups is 1. The molecule has 1 saturated heterocycles. The van der Waals surface area contributed by atoms with E-state index in [0.717, 1.165) is 24.6 Å². The smallest absolute Gasteiger partial charge is 0.410 e. The summed E-state index contributed by atoms with van der Waals surface area (Å²) in [5, 5.41) is 13.0. The largest absolute Gasteiger partial charge is 0.493 e. The number of nitro groups is 1. The van der Waals surface area contributed by atoms with Crippen LogP contribution in [0.25, 0.3) is 10.8 Å². The summed E-state index contributed by atoms with van der Waals surface area (Å²) < 4.78 is 16.1. The first-order valence-corrected chi connectivity index (χ1v) is 9.63. The lowest BCUT2D eigenvalue weighted by Gasteiger charge is -2.37. The number of rotatable bonds is 5. The maximum Gasteiger partial charge on any atom is 0.410 e. The topological polar surface area (TPSA) is 91.1 Å². The van der Waals surface area contributed by atoms with Gasteiger partial charge in [-0.3, -0.25) is 10.1 Å². The van der Waals surface area contributed by atoms with Crippen LogP contribution in [-0.4, -0.2) is 42.2 Å². The molecule has 8 nitrogen and oxygen atoms in total. The number of ether oxygens (including phenoxy) is 3. The molecule has 156 valence electrons. The summed E-state index contributed by atoms with van der Waals surface area (Å²) in [4.78, 5) is 25.5. The molecular weight excluding hydrogens is 376 g/mol. The average Bonchev–Trinajstić information content (AvgIpc) is 2.70. The number of fused-ring (bicyclic) bond motifs is 1. The van der Waals surface area contributed by atoms with Crippen molar-refractivity contribution in [3.63, 3.8) is 0 Å². The highest BCUT2D eigenvalue weighted by atomic mass is 16.6. The fourth-order valence-corrected chi connectivity index (χ4v) is 3.94. The third-order valence-corrected chi connectivity index (χ3v) is 5.49. The number of carbonyl (C=O) groups excluding carboxylic acids is 1. The molecule has 2 aromatic carbocycles. The van der Waals surface area contributed by atoms with Gasteiger partial charge in [-0.05, 0) is 62.1 Å². The molecule has 0 radical (unpaired) electrons. The Bertz CT molecular complexity index is 919. The molecule has 2 aromatic rings. The number of methoxy groups -OCH3 is 2. The number of piperidine rings is 1. The second-order valence-corrected chi connectivity index (χ2v) is 7.38. The summed E-state index contributed by atoms with van der Waals surface area (Å²) in [6.45, 7) is 3.82. The van der Waals surface area contributed by atoms with E-state index in [1.807, 2.05) is 13.8 Å². The highest BCUT2D eigenvalue weighted by Gasteiger charge is 2.30. The lowest BCUT2D eigenvalue weighted by molar-refractivity contribution is -0.385. The molecule has 0 aromatic heterocycles. The monoisotopic (exact) mass is 402 g/mol. The Morgan fingerprint density at radius 1 is 1.07 bits per heavy atom. The molecule has 0 N–H and O–H groups in total. The van der Waals surface area contributed by atoms with Crippen molar-refractivity contribution in [2.45, 2.75) is 51.8 Å². The Hall–Kier alpha value is -3.03. The second kappa shape index (κ2) is 8.55. The van der Waals surface area contributed by atoms with Gasteiger partial charge in [0.15, 0.2) is 11.5 Å². The zero-order valence-corrected chi connectivity index (χ0v) is 17.1. The first kappa shape index (κ1) is 20.7. The number of nitro benzene ring substituents is 1. The minimum Gasteiger partial charge on any atom is -0.493 e. The van der Waals surface area contributed by atoms with E-state index in [2.05, 4.69) is 0 Å². The van der Waals surface area contributed by atoms with Crippen LogP contribution in [0.3, 0.4) is 0 Å². The second-order valence-electron chi connectivity index (χ2n) is 7.38. The van der Waals surface area contributed by atoms with Crippen molar-refractivity contribution in [3.05, 3.63) is 39.9 Å². The normalized spacial score (nSPS) is 19.1. The van der Waals surface area contributed by atoms with Crippen molar-refractivity contribution < 1.29 is 23.9 Å². The first-order valence-electron chi connectivity index (χ1n) is 9.63. The molecule has 1 fully saturated rings. The van der Waals surface area contributed by atoms with Gasteiger partial charge in [-0.25, -0.2) is 4.79 Å². The molecule has 1 aliphatic rings. The molecule has 0 spiro atoms. The van der Waals surface area contributed by atoms with E-state index in [1.54, 1.807) is 23.1 Å². The van der Waals surface area contributed by atoms with Gasteiger partial charge in [0.25, 0.3) is 5.69 Å². The molecular formula is C21H26N2O6. The lowest BCUT2D eigenvalue weighted by Crippen LogP contribution is -2.47. The molecule has 3 rings (SSSR count). The summed E-state index contributed by atoms with van der Waals surface area (Å²) in [7, 11) is 3.03. The number of benzene rings is 2. The Morgan fingerprint density at radius 3 is 2.14 bits per heavy atom. The molecule has 1 heterocycles. The number of hydrogen-bond donors (Lipinski definition) is 0. The van der Waals surface area contributed by atoms with E-state index < -0.39 is 11.0 Å². The number of likely N-dealkylation sites (tertiary alicyclic amines) is 1. The van der Waals surface area contributed by atoms with Gasteiger partial charge in [-0.1, -0.05) is 0 Å². The van der Waals surface area contributed by atoms with E-state index >= 15 is 0 Å². The summed E-state index contributed by atoms with van der Waals surface area (Å²) >= 11 is 0. The predicted molar refractivity (Wildman–Crippen MR) is 109 cm³/mol. The summed E-state index contributed by atoms with van der Waals surface area (Å²) in [6.07, 6.45) is 2.49. The van der Waals surface area contributed by atoms with E-state index in [-0.39, 0.29) is 24.4 Å². The van der Waals surface area contributed by atoms with Crippen LogP contribution in [0.15, 0.2) is 24.3 Å². The minimum atomic E-state index is -0.467. The summed E-state index contributed by atoms with van der Waals surface area (Å²) in [5.74, 6) is 1.01. The molecule has 2 unspecified atom stereocenters. The average molecular weight is 402 g/mol. The third kappa shape index (κ3) is 4.21. The molecule has 0 bridgehead atoms. The fraction of sp³-hybridized carbons (Fsp3) is 0.476. The van der Waals surface area contributed by atoms with Crippen molar-refractivity contribution in [1.29, 1.82) is 0 Å². The van der Waals surface area contributed by atoms with Crippen LogP contribution in [0.4, 0.5) is 10.5 Å². The van der Waals surface area contributed by atoms with E-state index in [4.69, 9.17) is 14.2 Å². The van der Waals surface area contributed by atoms with Gasteiger partial charge in [0.2, 0.25) is 0 Å². The van der Waals surface area contributed by atoms with Crippen LogP contribution >= 0.6 is 0 Å². The summed E-state index contributed by atoms with van der Waals surface area (Å²) in [5.41, 5.74) is 0.234. The van der Waals surface area contributed by atoms with Crippen LogP contribution in [-0.2, 0) is 11.3 Å². The highest BCUT2D eigenvalue weighted by molar-refractivity contribution is 5.89. The van der Waals surface area contributed by atoms with Gasteiger partial charge in [0, 0.05) is 18.2 Å². The molecule has 8 heteroatoms. The molecule has 29 heavy (non-hydrogen) atoms. The number of amides is 1. The molecule has 1 aliphatic heterocycles. The standard InChI is InChI=1S/C21H26N2O6/c1-13-6-5-7-14(2)22(13)21(24)29-12-17-8-15-10-19(27-3)20(28-4)11-16(15)9-18(17)23(25)26/h8-11,13-14H,5-7,12H2,1-4H3. The van der Waals surface area contributed by atoms with Crippen molar-refractivity contribution in [2.75, 3.05) is 14.2 Å². The van der Waals surface area contributed by atoms with Gasteiger partial charge in [-0.2, -0.15) is 0 Å². The Labute approximate surface area is 169 Å². The Balaban J connectivity index is 1.90. The highest BCUT2D eigenvalue weighted by Crippen LogP contribution is 2.35. The van der Waals surface area contributed by atoms with Crippen LogP contribution < -0.4 is 9.47 Å². The van der Waals surface area contributed by atoms with Crippen LogP contribution in [0.1, 0.15) is 38.7 Å². The summed E-state index contributed by atoms with van der Waals surface area (Å²) in [6, 6.07) is 6.74. The van der Waals surface area contributed by atoms with E-state index in [1.165, 1.54) is 20.3 Å². The van der Waals surface area contributed by atoms with Gasteiger partial charge in [0.05, 0.1) is 24.7 Å². The Kier molecular flexibility index (Phi) is 6.10.